The predicted molar refractivity (Wildman–Crippen MR) is 126 cm³/mol. The van der Waals surface area contributed by atoms with Crippen LogP contribution in [0.25, 0.3) is 0 Å². The highest BCUT2D eigenvalue weighted by Crippen LogP contribution is 2.20. The number of fused-ring (bicyclic) bond motifs is 1. The first kappa shape index (κ1) is 28.0. The largest absolute Gasteiger partial charge is 0.380 e. The number of rotatable bonds is 17. The summed E-state index contributed by atoms with van der Waals surface area (Å²) in [5.74, 6) is 2.28. The van der Waals surface area contributed by atoms with Gasteiger partial charge in [0.2, 0.25) is 5.91 Å². The third-order valence-corrected chi connectivity index (χ3v) is 6.03. The molecule has 0 aliphatic carbocycles. The van der Waals surface area contributed by atoms with E-state index in [0.29, 0.717) is 44.9 Å². The maximum atomic E-state index is 11.3. The van der Waals surface area contributed by atoms with Crippen LogP contribution in [-0.2, 0) is 19.0 Å². The molecule has 31 heavy (non-hydrogen) atoms. The number of amides is 3. The van der Waals surface area contributed by atoms with E-state index in [4.69, 9.17) is 14.2 Å². The van der Waals surface area contributed by atoms with Gasteiger partial charge in [0.15, 0.2) is 0 Å². The van der Waals surface area contributed by atoms with Crippen LogP contribution < -0.4 is 16.0 Å². The van der Waals surface area contributed by atoms with Gasteiger partial charge in [-0.05, 0) is 32.1 Å². The van der Waals surface area contributed by atoms with E-state index in [9.17, 15) is 9.59 Å². The van der Waals surface area contributed by atoms with Crippen LogP contribution in [0.1, 0.15) is 58.8 Å². The van der Waals surface area contributed by atoms with Crippen molar-refractivity contribution in [2.24, 2.45) is 0 Å². The highest BCUT2D eigenvalue weighted by atomic mass is 32.2. The first-order chi connectivity index (χ1) is 15.2. The first-order valence-corrected chi connectivity index (χ1v) is 13.0. The topological polar surface area (TPSA) is 97.9 Å². The molecule has 0 aromatic rings. The van der Waals surface area contributed by atoms with Crippen molar-refractivity contribution in [2.75, 3.05) is 57.7 Å². The van der Waals surface area contributed by atoms with Crippen molar-refractivity contribution >= 4 is 23.7 Å². The van der Waals surface area contributed by atoms with Crippen LogP contribution in [0, 0.1) is 0 Å². The molecule has 182 valence electrons. The summed E-state index contributed by atoms with van der Waals surface area (Å²) >= 11 is 1.89. The lowest BCUT2D eigenvalue weighted by molar-refractivity contribution is -0.121. The number of hydrogen-bond acceptors (Lipinski definition) is 6. The monoisotopic (exact) mass is 461 g/mol. The van der Waals surface area contributed by atoms with Crippen molar-refractivity contribution in [2.45, 2.75) is 70.9 Å². The number of ether oxygens (including phenoxy) is 3. The summed E-state index contributed by atoms with van der Waals surface area (Å²) in [5, 5.41) is 8.55. The maximum Gasteiger partial charge on any atom is 0.315 e. The summed E-state index contributed by atoms with van der Waals surface area (Å²) in [6.45, 7) is 9.15. The van der Waals surface area contributed by atoms with Crippen LogP contribution in [0.15, 0.2) is 0 Å². The summed E-state index contributed by atoms with van der Waals surface area (Å²) < 4.78 is 16.3. The molecule has 2 unspecified atom stereocenters. The van der Waals surface area contributed by atoms with Crippen LogP contribution in [0.4, 0.5) is 4.79 Å². The van der Waals surface area contributed by atoms with Gasteiger partial charge in [-0.3, -0.25) is 4.79 Å². The fraction of sp³-hybridized carbons (Fsp3) is 0.909. The molecule has 9 heteroatoms. The van der Waals surface area contributed by atoms with E-state index >= 15 is 0 Å². The molecule has 0 bridgehead atoms. The molecule has 0 spiro atoms. The predicted octanol–water partition coefficient (Wildman–Crippen LogP) is 2.71. The van der Waals surface area contributed by atoms with Gasteiger partial charge in [-0.2, -0.15) is 11.8 Å². The number of unbranched alkanes of at least 4 members (excludes halogenated alkanes) is 3. The Balaban J connectivity index is 0.000000432. The van der Waals surface area contributed by atoms with Gasteiger partial charge in [0.25, 0.3) is 0 Å². The minimum Gasteiger partial charge on any atom is -0.380 e. The number of carbonyl (C=O) groups excluding carboxylic acids is 2. The average Bonchev–Trinajstić information content (AvgIpc) is 3.33. The van der Waals surface area contributed by atoms with E-state index in [1.165, 1.54) is 0 Å². The van der Waals surface area contributed by atoms with Crippen LogP contribution in [-0.4, -0.2) is 81.7 Å². The zero-order valence-corrected chi connectivity index (χ0v) is 20.2. The Labute approximate surface area is 192 Å². The molecule has 8 nitrogen and oxygen atoms in total. The molecule has 0 aromatic carbocycles. The Morgan fingerprint density at radius 1 is 0.871 bits per heavy atom. The molecule has 2 saturated heterocycles. The molecule has 3 N–H and O–H groups in total. The summed E-state index contributed by atoms with van der Waals surface area (Å²) in [6.07, 6.45) is 6.91. The van der Waals surface area contributed by atoms with Crippen LogP contribution in [0.2, 0.25) is 0 Å². The van der Waals surface area contributed by atoms with E-state index in [1.807, 2.05) is 11.8 Å². The van der Waals surface area contributed by atoms with Gasteiger partial charge in [0.05, 0.1) is 31.9 Å². The normalized spacial score (nSPS) is 19.2. The average molecular weight is 462 g/mol. The fourth-order valence-electron chi connectivity index (χ4n) is 3.06. The van der Waals surface area contributed by atoms with Crippen molar-refractivity contribution < 1.29 is 23.8 Å². The standard InChI is InChI=1S/C17H35NO4.C5H8N2OS/c1-3-5-9-17(19)18-10-14-21-12-7-6-8-13-22-16-15-20-11-4-2;8-5-6-3-1-9-2-4(3)7-5/h3-16H2,1-2H3,(H,18,19);3-4H,1-2H2,(H2,6,7,8). The molecule has 2 rings (SSSR count). The zero-order valence-electron chi connectivity index (χ0n) is 19.4. The molecule has 0 radical (unpaired) electrons. The number of nitrogens with one attached hydrogen (secondary N) is 3. The number of hydrogen-bond donors (Lipinski definition) is 3. The van der Waals surface area contributed by atoms with E-state index in [0.717, 1.165) is 69.9 Å². The zero-order chi connectivity index (χ0) is 22.6. The van der Waals surface area contributed by atoms with Crippen LogP contribution in [0.3, 0.4) is 0 Å². The molecule has 2 heterocycles. The van der Waals surface area contributed by atoms with Gasteiger partial charge in [-0.25, -0.2) is 4.79 Å². The van der Waals surface area contributed by atoms with Crippen LogP contribution >= 0.6 is 11.8 Å². The second-order valence-corrected chi connectivity index (χ2v) is 8.79. The maximum absolute atomic E-state index is 11.3. The minimum absolute atomic E-state index is 0.00491. The summed E-state index contributed by atoms with van der Waals surface area (Å²) in [4.78, 5) is 22.0. The lowest BCUT2D eigenvalue weighted by atomic mass is 10.2. The van der Waals surface area contributed by atoms with E-state index in [-0.39, 0.29) is 11.9 Å². The first-order valence-electron chi connectivity index (χ1n) is 11.8. The Hall–Kier alpha value is -1.03. The molecule has 2 aliphatic heterocycles. The molecule has 2 aliphatic rings. The fourth-order valence-corrected chi connectivity index (χ4v) is 4.33. The molecule has 3 amide bonds. The molecule has 0 saturated carbocycles. The smallest absolute Gasteiger partial charge is 0.315 e. The SMILES string of the molecule is CCCCC(=O)NCCOCCCCCOCCOCCC.O=C1NC2CSCC2N1. The molecular formula is C22H43N3O5S. The summed E-state index contributed by atoms with van der Waals surface area (Å²) in [6, 6.07) is 0.815. The van der Waals surface area contributed by atoms with Gasteiger partial charge in [-0.1, -0.05) is 20.3 Å². The van der Waals surface area contributed by atoms with Crippen molar-refractivity contribution in [1.29, 1.82) is 0 Å². The number of thioether (sulfide) groups is 1. The second-order valence-electron chi connectivity index (χ2n) is 7.72. The van der Waals surface area contributed by atoms with Crippen molar-refractivity contribution in [3.05, 3.63) is 0 Å². The van der Waals surface area contributed by atoms with Gasteiger partial charge in [-0.15, -0.1) is 0 Å². The minimum atomic E-state index is 0.00491. The lowest BCUT2D eigenvalue weighted by Gasteiger charge is -2.07. The lowest BCUT2D eigenvalue weighted by Crippen LogP contribution is -2.31. The molecular weight excluding hydrogens is 418 g/mol. The summed E-state index contributed by atoms with van der Waals surface area (Å²) in [5.41, 5.74) is 0. The Kier molecular flexibility index (Phi) is 17.7. The van der Waals surface area contributed by atoms with Crippen molar-refractivity contribution in [3.63, 3.8) is 0 Å². The van der Waals surface area contributed by atoms with E-state index < -0.39 is 0 Å². The third kappa shape index (κ3) is 15.4. The van der Waals surface area contributed by atoms with Gasteiger partial charge >= 0.3 is 6.03 Å². The molecule has 0 aromatic heterocycles. The van der Waals surface area contributed by atoms with E-state index in [1.54, 1.807) is 0 Å². The highest BCUT2D eigenvalue weighted by Gasteiger charge is 2.35. The van der Waals surface area contributed by atoms with Crippen LogP contribution in [0.5, 0.6) is 0 Å². The Bertz CT molecular complexity index is 456. The second kappa shape index (κ2) is 19.6. The molecule has 2 fully saturated rings. The summed E-state index contributed by atoms with van der Waals surface area (Å²) in [7, 11) is 0. The van der Waals surface area contributed by atoms with Gasteiger partial charge in [0, 0.05) is 44.3 Å². The molecule has 2 atom stereocenters. The van der Waals surface area contributed by atoms with Crippen molar-refractivity contribution in [3.8, 4) is 0 Å². The third-order valence-electron chi connectivity index (χ3n) is 4.84. The number of carbonyl (C=O) groups is 2. The Morgan fingerprint density at radius 3 is 2.10 bits per heavy atom. The Morgan fingerprint density at radius 2 is 1.48 bits per heavy atom. The van der Waals surface area contributed by atoms with Gasteiger partial charge in [0.1, 0.15) is 0 Å². The van der Waals surface area contributed by atoms with Crippen molar-refractivity contribution in [1.82, 2.24) is 16.0 Å². The quantitative estimate of drug-likeness (QED) is 0.228. The van der Waals surface area contributed by atoms with E-state index in [2.05, 4.69) is 29.8 Å². The van der Waals surface area contributed by atoms with Gasteiger partial charge < -0.3 is 30.2 Å². The highest BCUT2D eigenvalue weighted by molar-refractivity contribution is 7.99. The number of urea groups is 1.